The van der Waals surface area contributed by atoms with Crippen molar-refractivity contribution in [2.24, 2.45) is 0 Å². The van der Waals surface area contributed by atoms with Gasteiger partial charge in [0.15, 0.2) is 0 Å². The van der Waals surface area contributed by atoms with E-state index in [-0.39, 0.29) is 0 Å². The molecule has 1 aromatic heterocycles. The molecule has 0 radical (unpaired) electrons. The van der Waals surface area contributed by atoms with E-state index in [1.807, 2.05) is 6.07 Å². The number of hydrogen-bond donors (Lipinski definition) is 1. The fraction of sp³-hybridized carbons (Fsp3) is 0.300. The summed E-state index contributed by atoms with van der Waals surface area (Å²) in [4.78, 5) is 5.66. The number of likely N-dealkylation sites (tertiary alicyclic amines) is 1. The maximum atomic E-state index is 6.29. The van der Waals surface area contributed by atoms with Gasteiger partial charge in [0.2, 0.25) is 0 Å². The molecule has 4 heteroatoms. The highest BCUT2D eigenvalue weighted by Crippen LogP contribution is 2.37. The van der Waals surface area contributed by atoms with Gasteiger partial charge in [-0.15, -0.1) is 0 Å². The highest BCUT2D eigenvalue weighted by molar-refractivity contribution is 6.42. The van der Waals surface area contributed by atoms with Gasteiger partial charge >= 0.3 is 0 Å². The van der Waals surface area contributed by atoms with E-state index >= 15 is 0 Å². The summed E-state index contributed by atoms with van der Waals surface area (Å²) >= 11 is 12.5. The van der Waals surface area contributed by atoms with Gasteiger partial charge in [-0.1, -0.05) is 53.5 Å². The number of piperidine rings is 1. The van der Waals surface area contributed by atoms with Crippen molar-refractivity contribution in [1.29, 1.82) is 0 Å². The van der Waals surface area contributed by atoms with Crippen LogP contribution < -0.4 is 0 Å². The minimum atomic E-state index is 0.666. The van der Waals surface area contributed by atoms with Crippen LogP contribution in [0.25, 0.3) is 22.0 Å². The van der Waals surface area contributed by atoms with E-state index in [2.05, 4.69) is 47.3 Å². The zero-order valence-electron chi connectivity index (χ0n) is 13.7. The van der Waals surface area contributed by atoms with Crippen LogP contribution in [-0.4, -0.2) is 30.0 Å². The summed E-state index contributed by atoms with van der Waals surface area (Å²) in [5.41, 5.74) is 4.77. The first-order chi connectivity index (χ1) is 11.6. The van der Waals surface area contributed by atoms with Gasteiger partial charge in [0.05, 0.1) is 15.6 Å². The Labute approximate surface area is 152 Å². The summed E-state index contributed by atoms with van der Waals surface area (Å²) in [5.74, 6) is 0.681. The average molecular weight is 359 g/mol. The number of nitrogens with zero attached hydrogens (tertiary/aromatic N) is 1. The predicted molar refractivity (Wildman–Crippen MR) is 103 cm³/mol. The Balaban J connectivity index is 1.67. The fourth-order valence-corrected chi connectivity index (χ4v) is 4.24. The molecule has 1 saturated heterocycles. The molecule has 2 nitrogen and oxygen atoms in total. The zero-order chi connectivity index (χ0) is 16.7. The number of halogens is 2. The lowest BCUT2D eigenvalue weighted by atomic mass is 9.88. The summed E-state index contributed by atoms with van der Waals surface area (Å²) < 4.78 is 0. The molecule has 1 fully saturated rings. The van der Waals surface area contributed by atoms with Crippen LogP contribution in [0.1, 0.15) is 24.3 Å². The third-order valence-electron chi connectivity index (χ3n) is 5.15. The minimum absolute atomic E-state index is 0.666. The molecule has 0 bridgehead atoms. The lowest BCUT2D eigenvalue weighted by molar-refractivity contribution is 0.255. The number of aromatic amines is 1. The molecule has 1 N–H and O–H groups in total. The molecular weight excluding hydrogens is 339 g/mol. The van der Waals surface area contributed by atoms with Gasteiger partial charge < -0.3 is 9.88 Å². The average Bonchev–Trinajstić information content (AvgIpc) is 2.99. The molecule has 24 heavy (non-hydrogen) atoms. The second kappa shape index (κ2) is 6.44. The zero-order valence-corrected chi connectivity index (χ0v) is 15.2. The molecular formula is C20H20Cl2N2. The van der Waals surface area contributed by atoms with Crippen LogP contribution in [0.15, 0.2) is 42.6 Å². The van der Waals surface area contributed by atoms with Gasteiger partial charge in [0.1, 0.15) is 0 Å². The molecule has 2 aromatic carbocycles. The van der Waals surface area contributed by atoms with Crippen LogP contribution in [0.2, 0.25) is 10.0 Å². The first-order valence-corrected chi connectivity index (χ1v) is 9.13. The van der Waals surface area contributed by atoms with E-state index in [0.717, 1.165) is 16.5 Å². The van der Waals surface area contributed by atoms with Crippen LogP contribution >= 0.6 is 23.2 Å². The Morgan fingerprint density at radius 1 is 0.958 bits per heavy atom. The summed E-state index contributed by atoms with van der Waals surface area (Å²) in [6, 6.07) is 13.0. The molecule has 4 rings (SSSR count). The molecule has 0 spiro atoms. The van der Waals surface area contributed by atoms with Gasteiger partial charge in [-0.25, -0.2) is 0 Å². The van der Waals surface area contributed by atoms with Crippen LogP contribution in [-0.2, 0) is 0 Å². The second-order valence-corrected chi connectivity index (χ2v) is 7.50. The number of nitrogens with one attached hydrogen (secondary N) is 1. The molecule has 2 heterocycles. The maximum Gasteiger partial charge on any atom is 0.0674 e. The quantitative estimate of drug-likeness (QED) is 0.599. The first kappa shape index (κ1) is 16.0. The monoisotopic (exact) mass is 358 g/mol. The van der Waals surface area contributed by atoms with E-state index < -0.39 is 0 Å². The Bertz CT molecular complexity index is 859. The standard InChI is InChI=1S/C20H20Cl2N2/c1-24-10-8-14(9-11-24)13-2-4-15(5-3-13)16-6-7-17(21)19-18(22)12-23-20(16)19/h2-7,12,14,23H,8-11H2,1H3. The van der Waals surface area contributed by atoms with Crippen molar-refractivity contribution in [1.82, 2.24) is 9.88 Å². The SMILES string of the molecule is CN1CCC(c2ccc(-c3ccc(Cl)c4c(Cl)c[nH]c34)cc2)CC1. The van der Waals surface area contributed by atoms with E-state index in [1.54, 1.807) is 6.20 Å². The summed E-state index contributed by atoms with van der Waals surface area (Å²) in [6.07, 6.45) is 4.29. The van der Waals surface area contributed by atoms with E-state index in [9.17, 15) is 0 Å². The van der Waals surface area contributed by atoms with Crippen molar-refractivity contribution in [3.63, 3.8) is 0 Å². The molecule has 0 atom stereocenters. The summed E-state index contributed by atoms with van der Waals surface area (Å²) in [7, 11) is 2.20. The molecule has 3 aromatic rings. The Morgan fingerprint density at radius 2 is 1.67 bits per heavy atom. The lowest BCUT2D eigenvalue weighted by Gasteiger charge is -2.29. The van der Waals surface area contributed by atoms with Crippen LogP contribution in [0, 0.1) is 0 Å². The highest BCUT2D eigenvalue weighted by atomic mass is 35.5. The van der Waals surface area contributed by atoms with Crippen molar-refractivity contribution in [2.75, 3.05) is 20.1 Å². The van der Waals surface area contributed by atoms with Gasteiger partial charge in [-0.3, -0.25) is 0 Å². The highest BCUT2D eigenvalue weighted by Gasteiger charge is 2.18. The van der Waals surface area contributed by atoms with Crippen molar-refractivity contribution in [3.8, 4) is 11.1 Å². The number of hydrogen-bond acceptors (Lipinski definition) is 1. The van der Waals surface area contributed by atoms with Crippen molar-refractivity contribution in [2.45, 2.75) is 18.8 Å². The van der Waals surface area contributed by atoms with Gasteiger partial charge in [-0.05, 0) is 56.1 Å². The third kappa shape index (κ3) is 2.83. The Kier molecular flexibility index (Phi) is 4.29. The number of H-pyrrole nitrogens is 1. The molecule has 1 aliphatic heterocycles. The fourth-order valence-electron chi connectivity index (χ4n) is 3.69. The second-order valence-electron chi connectivity index (χ2n) is 6.68. The van der Waals surface area contributed by atoms with Crippen LogP contribution in [0.4, 0.5) is 0 Å². The molecule has 0 unspecified atom stereocenters. The molecule has 0 aliphatic carbocycles. The Hall–Kier alpha value is -1.48. The van der Waals surface area contributed by atoms with E-state index in [0.29, 0.717) is 16.0 Å². The van der Waals surface area contributed by atoms with Crippen LogP contribution in [0.3, 0.4) is 0 Å². The van der Waals surface area contributed by atoms with Gasteiger partial charge in [-0.2, -0.15) is 0 Å². The maximum absolute atomic E-state index is 6.29. The van der Waals surface area contributed by atoms with E-state index in [1.165, 1.54) is 37.1 Å². The van der Waals surface area contributed by atoms with Crippen molar-refractivity contribution < 1.29 is 0 Å². The molecule has 124 valence electrons. The van der Waals surface area contributed by atoms with Crippen LogP contribution in [0.5, 0.6) is 0 Å². The number of fused-ring (bicyclic) bond motifs is 1. The largest absolute Gasteiger partial charge is 0.359 e. The molecule has 0 saturated carbocycles. The molecule has 0 amide bonds. The number of rotatable bonds is 2. The first-order valence-electron chi connectivity index (χ1n) is 8.37. The topological polar surface area (TPSA) is 19.0 Å². The van der Waals surface area contributed by atoms with Gasteiger partial charge in [0, 0.05) is 17.1 Å². The number of aromatic nitrogens is 1. The third-order valence-corrected chi connectivity index (χ3v) is 5.76. The summed E-state index contributed by atoms with van der Waals surface area (Å²) in [6.45, 7) is 2.37. The predicted octanol–water partition coefficient (Wildman–Crippen LogP) is 5.95. The molecule has 1 aliphatic rings. The normalized spacial score (nSPS) is 16.8. The smallest absolute Gasteiger partial charge is 0.0674 e. The Morgan fingerprint density at radius 3 is 2.38 bits per heavy atom. The van der Waals surface area contributed by atoms with Crippen molar-refractivity contribution >= 4 is 34.1 Å². The number of benzene rings is 2. The minimum Gasteiger partial charge on any atom is -0.359 e. The van der Waals surface area contributed by atoms with Gasteiger partial charge in [0.25, 0.3) is 0 Å². The van der Waals surface area contributed by atoms with E-state index in [4.69, 9.17) is 23.2 Å². The lowest BCUT2D eigenvalue weighted by Crippen LogP contribution is -2.29. The summed E-state index contributed by atoms with van der Waals surface area (Å²) in [5, 5.41) is 2.25. The van der Waals surface area contributed by atoms with Crippen molar-refractivity contribution in [3.05, 3.63) is 58.2 Å².